The van der Waals surface area contributed by atoms with Gasteiger partial charge in [0.2, 0.25) is 0 Å². The fourth-order valence-electron chi connectivity index (χ4n) is 0.751. The number of aromatic amines is 1. The zero-order valence-electron chi connectivity index (χ0n) is 5.83. The summed E-state index contributed by atoms with van der Waals surface area (Å²) >= 11 is 4.86. The molecule has 0 aliphatic heterocycles. The summed E-state index contributed by atoms with van der Waals surface area (Å²) < 4.78 is 0.447. The van der Waals surface area contributed by atoms with Crippen LogP contribution < -0.4 is 5.73 Å². The maximum absolute atomic E-state index is 11.0. The second-order valence-electron chi connectivity index (χ2n) is 2.04. The number of carbonyl (C=O) groups excluding carboxylic acids is 1. The molecule has 0 spiro atoms. The van der Waals surface area contributed by atoms with Crippen molar-refractivity contribution in [1.29, 1.82) is 0 Å². The molecule has 58 valence electrons. The van der Waals surface area contributed by atoms with Crippen LogP contribution in [-0.4, -0.2) is 17.3 Å². The lowest BCUT2D eigenvalue weighted by Crippen LogP contribution is -2.14. The Hall–Kier alpha value is -1.00. The number of Topliss-reactive ketones (excluding diaryl/α,β-unsaturated/α-hetero) is 1. The standard InChI is InChI=1S/C7H8N2OS/c8-4-6(10)5-2-1-3-9-7(5)11/h1-3H,4,8H2,(H,9,11). The first kappa shape index (κ1) is 8.10. The van der Waals surface area contributed by atoms with Crippen LogP contribution >= 0.6 is 12.2 Å². The minimum atomic E-state index is -0.133. The first-order valence-corrected chi connectivity index (χ1v) is 3.57. The molecule has 1 aromatic heterocycles. The highest BCUT2D eigenvalue weighted by molar-refractivity contribution is 7.71. The van der Waals surface area contributed by atoms with Crippen molar-refractivity contribution < 1.29 is 4.79 Å². The number of carbonyl (C=O) groups is 1. The Morgan fingerprint density at radius 1 is 1.73 bits per heavy atom. The van der Waals surface area contributed by atoms with Gasteiger partial charge in [-0.3, -0.25) is 4.79 Å². The maximum Gasteiger partial charge on any atom is 0.179 e. The van der Waals surface area contributed by atoms with E-state index in [2.05, 4.69) is 4.98 Å². The Morgan fingerprint density at radius 2 is 2.45 bits per heavy atom. The predicted molar refractivity (Wildman–Crippen MR) is 45.0 cm³/mol. The molecule has 1 rings (SSSR count). The third kappa shape index (κ3) is 1.72. The molecule has 0 unspecified atom stereocenters. The largest absolute Gasteiger partial charge is 0.352 e. The quantitative estimate of drug-likeness (QED) is 0.509. The Labute approximate surface area is 69.2 Å². The fraction of sp³-hybridized carbons (Fsp3) is 0.143. The summed E-state index contributed by atoms with van der Waals surface area (Å²) in [6.07, 6.45) is 1.68. The molecule has 0 aliphatic carbocycles. The predicted octanol–water partition coefficient (Wildman–Crippen LogP) is 0.886. The lowest BCUT2D eigenvalue weighted by Gasteiger charge is -1.95. The summed E-state index contributed by atoms with van der Waals surface area (Å²) in [6, 6.07) is 3.38. The van der Waals surface area contributed by atoms with E-state index >= 15 is 0 Å². The number of rotatable bonds is 2. The molecular weight excluding hydrogens is 160 g/mol. The minimum Gasteiger partial charge on any atom is -0.352 e. The first-order valence-electron chi connectivity index (χ1n) is 3.16. The third-order valence-corrected chi connectivity index (χ3v) is 1.64. The van der Waals surface area contributed by atoms with Crippen LogP contribution in [0.3, 0.4) is 0 Å². The number of hydrogen-bond acceptors (Lipinski definition) is 3. The smallest absolute Gasteiger partial charge is 0.179 e. The molecule has 0 fully saturated rings. The molecule has 0 radical (unpaired) electrons. The van der Waals surface area contributed by atoms with Gasteiger partial charge >= 0.3 is 0 Å². The number of pyridine rings is 1. The van der Waals surface area contributed by atoms with Gasteiger partial charge in [-0.15, -0.1) is 0 Å². The van der Waals surface area contributed by atoms with Crippen molar-refractivity contribution in [2.45, 2.75) is 0 Å². The van der Waals surface area contributed by atoms with E-state index in [0.29, 0.717) is 10.2 Å². The minimum absolute atomic E-state index is 0.00148. The average Bonchev–Trinajstić information content (AvgIpc) is 2.04. The summed E-state index contributed by atoms with van der Waals surface area (Å²) in [5.41, 5.74) is 5.65. The molecule has 0 saturated carbocycles. The van der Waals surface area contributed by atoms with Gasteiger partial charge in [0.05, 0.1) is 12.1 Å². The summed E-state index contributed by atoms with van der Waals surface area (Å²) in [6.45, 7) is 0.00148. The van der Waals surface area contributed by atoms with Gasteiger partial charge in [-0.2, -0.15) is 0 Å². The number of ketones is 1. The van der Waals surface area contributed by atoms with Gasteiger partial charge in [0.25, 0.3) is 0 Å². The number of nitrogens with two attached hydrogens (primary N) is 1. The van der Waals surface area contributed by atoms with Crippen molar-refractivity contribution in [2.75, 3.05) is 6.54 Å². The van der Waals surface area contributed by atoms with E-state index in [1.165, 1.54) is 0 Å². The Bertz CT molecular complexity index is 318. The van der Waals surface area contributed by atoms with Crippen molar-refractivity contribution in [1.82, 2.24) is 4.98 Å². The highest BCUT2D eigenvalue weighted by atomic mass is 32.1. The second-order valence-corrected chi connectivity index (χ2v) is 2.45. The number of H-pyrrole nitrogens is 1. The van der Waals surface area contributed by atoms with Crippen LogP contribution in [0.25, 0.3) is 0 Å². The van der Waals surface area contributed by atoms with Crippen molar-refractivity contribution in [3.8, 4) is 0 Å². The van der Waals surface area contributed by atoms with Gasteiger partial charge in [0, 0.05) is 6.20 Å². The summed E-state index contributed by atoms with van der Waals surface area (Å²) in [4.78, 5) is 13.8. The van der Waals surface area contributed by atoms with Crippen LogP contribution in [0.5, 0.6) is 0 Å². The second kappa shape index (κ2) is 3.41. The monoisotopic (exact) mass is 168 g/mol. The molecule has 1 heterocycles. The van der Waals surface area contributed by atoms with Crippen LogP contribution in [-0.2, 0) is 0 Å². The van der Waals surface area contributed by atoms with E-state index in [9.17, 15) is 4.79 Å². The van der Waals surface area contributed by atoms with Crippen LogP contribution in [0.2, 0.25) is 0 Å². The SMILES string of the molecule is NCC(=O)c1ccc[nH]c1=S. The topological polar surface area (TPSA) is 58.9 Å². The van der Waals surface area contributed by atoms with Crippen LogP contribution in [0.1, 0.15) is 10.4 Å². The van der Waals surface area contributed by atoms with Crippen LogP contribution in [0, 0.1) is 4.64 Å². The molecule has 0 amide bonds. The number of aromatic nitrogens is 1. The van der Waals surface area contributed by atoms with Gasteiger partial charge in [-0.25, -0.2) is 0 Å². The van der Waals surface area contributed by atoms with Gasteiger partial charge in [-0.05, 0) is 12.1 Å². The molecule has 0 bridgehead atoms. The molecule has 0 saturated heterocycles. The van der Waals surface area contributed by atoms with Crippen LogP contribution in [0.15, 0.2) is 18.3 Å². The van der Waals surface area contributed by atoms with E-state index in [1.54, 1.807) is 18.3 Å². The third-order valence-electron chi connectivity index (χ3n) is 1.30. The van der Waals surface area contributed by atoms with E-state index in [0.717, 1.165) is 0 Å². The van der Waals surface area contributed by atoms with Gasteiger partial charge < -0.3 is 10.7 Å². The normalized spacial score (nSPS) is 9.55. The van der Waals surface area contributed by atoms with Gasteiger partial charge in [-0.1, -0.05) is 12.2 Å². The molecule has 0 aliphatic rings. The Balaban J connectivity index is 3.14. The molecular formula is C7H8N2OS. The highest BCUT2D eigenvalue weighted by Crippen LogP contribution is 1.99. The first-order chi connectivity index (χ1) is 5.25. The van der Waals surface area contributed by atoms with Crippen molar-refractivity contribution in [3.63, 3.8) is 0 Å². The lowest BCUT2D eigenvalue weighted by atomic mass is 10.2. The van der Waals surface area contributed by atoms with Gasteiger partial charge in [0.1, 0.15) is 4.64 Å². The Morgan fingerprint density at radius 3 is 3.00 bits per heavy atom. The molecule has 3 N–H and O–H groups in total. The van der Waals surface area contributed by atoms with Crippen molar-refractivity contribution in [2.24, 2.45) is 5.73 Å². The molecule has 11 heavy (non-hydrogen) atoms. The molecule has 1 aromatic rings. The highest BCUT2D eigenvalue weighted by Gasteiger charge is 2.03. The fourth-order valence-corrected chi connectivity index (χ4v) is 1.00. The molecule has 0 aromatic carbocycles. The van der Waals surface area contributed by atoms with E-state index in [1.807, 2.05) is 0 Å². The summed E-state index contributed by atoms with van der Waals surface area (Å²) in [5.74, 6) is -0.133. The summed E-state index contributed by atoms with van der Waals surface area (Å²) in [7, 11) is 0. The lowest BCUT2D eigenvalue weighted by molar-refractivity contribution is 0.100. The van der Waals surface area contributed by atoms with Crippen molar-refractivity contribution in [3.05, 3.63) is 28.5 Å². The Kier molecular flexibility index (Phi) is 2.51. The number of hydrogen-bond donors (Lipinski definition) is 2. The molecule has 4 heteroatoms. The summed E-state index contributed by atoms with van der Waals surface area (Å²) in [5, 5.41) is 0. The molecule has 3 nitrogen and oxygen atoms in total. The maximum atomic E-state index is 11.0. The van der Waals surface area contributed by atoms with Crippen molar-refractivity contribution >= 4 is 18.0 Å². The van der Waals surface area contributed by atoms with E-state index < -0.39 is 0 Å². The zero-order valence-corrected chi connectivity index (χ0v) is 6.65. The van der Waals surface area contributed by atoms with Crippen LogP contribution in [0.4, 0.5) is 0 Å². The van der Waals surface area contributed by atoms with E-state index in [-0.39, 0.29) is 12.3 Å². The zero-order chi connectivity index (χ0) is 8.27. The average molecular weight is 168 g/mol. The van der Waals surface area contributed by atoms with E-state index in [4.69, 9.17) is 18.0 Å². The molecule has 0 atom stereocenters. The number of nitrogens with one attached hydrogen (secondary N) is 1. The van der Waals surface area contributed by atoms with Gasteiger partial charge in [0.15, 0.2) is 5.78 Å².